The van der Waals surface area contributed by atoms with Crippen LogP contribution in [0.3, 0.4) is 0 Å². The van der Waals surface area contributed by atoms with E-state index in [0.717, 1.165) is 19.7 Å². The van der Waals surface area contributed by atoms with Crippen LogP contribution in [0.4, 0.5) is 0 Å². The zero-order valence-electron chi connectivity index (χ0n) is 9.11. The number of hydrogen-bond donors (Lipinski definition) is 0. The van der Waals surface area contributed by atoms with Crippen LogP contribution in [0.2, 0.25) is 0 Å². The van der Waals surface area contributed by atoms with Crippen LogP contribution >= 0.6 is 90.2 Å². The highest BCUT2D eigenvalue weighted by Gasteiger charge is 2.32. The normalized spacial score (nSPS) is 39.5. The summed E-state index contributed by atoms with van der Waals surface area (Å²) in [5.41, 5.74) is 0. The molecule has 0 saturated carbocycles. The van der Waals surface area contributed by atoms with Crippen LogP contribution in [0.5, 0.6) is 0 Å². The first-order chi connectivity index (χ1) is 8.42. The van der Waals surface area contributed by atoms with Gasteiger partial charge in [-0.1, -0.05) is 43.2 Å². The summed E-state index contributed by atoms with van der Waals surface area (Å²) in [6.45, 7) is 0. The molecule has 4 atom stereocenters. The van der Waals surface area contributed by atoms with E-state index in [0.29, 0.717) is 0 Å². The second-order valence-electron chi connectivity index (χ2n) is 3.86. The van der Waals surface area contributed by atoms with Gasteiger partial charge in [-0.15, -0.1) is 23.5 Å². The Labute approximate surface area is 136 Å². The van der Waals surface area contributed by atoms with Crippen LogP contribution in [0.1, 0.15) is 0 Å². The van der Waals surface area contributed by atoms with Gasteiger partial charge in [-0.2, -0.15) is 23.5 Å². The lowest BCUT2D eigenvalue weighted by molar-refractivity contribution is 1.27. The van der Waals surface area contributed by atoms with Crippen LogP contribution in [0.15, 0.2) is 0 Å². The molecule has 0 nitrogen and oxygen atoms in total. The average molecular weight is 379 g/mol. The molecule has 3 aliphatic heterocycles. The average Bonchev–Trinajstić information content (AvgIpc) is 3.22. The van der Waals surface area contributed by atoms with Crippen molar-refractivity contribution < 1.29 is 0 Å². The first kappa shape index (κ1) is 14.7. The maximum atomic E-state index is 2.16. The third kappa shape index (κ3) is 5.59. The SMILES string of the molecule is C1SC(SSCC2CS2)C(SSCC2CS2)S1. The summed E-state index contributed by atoms with van der Waals surface area (Å²) in [5.74, 6) is 5.54. The third-order valence-corrected chi connectivity index (χ3v) is 14.9. The zero-order chi connectivity index (χ0) is 11.5. The molecule has 98 valence electrons. The van der Waals surface area contributed by atoms with Gasteiger partial charge in [0.05, 0.1) is 9.16 Å². The molecule has 3 heterocycles. The fourth-order valence-corrected chi connectivity index (χ4v) is 15.3. The van der Waals surface area contributed by atoms with Crippen molar-refractivity contribution in [1.82, 2.24) is 0 Å². The van der Waals surface area contributed by atoms with Gasteiger partial charge in [-0.3, -0.25) is 0 Å². The Kier molecular flexibility index (Phi) is 6.68. The molecule has 17 heavy (non-hydrogen) atoms. The quantitative estimate of drug-likeness (QED) is 0.419. The second kappa shape index (κ2) is 7.71. The molecular weight excluding hydrogens is 365 g/mol. The van der Waals surface area contributed by atoms with E-state index in [9.17, 15) is 0 Å². The molecule has 4 unspecified atom stereocenters. The number of thioether (sulfide) groups is 4. The minimum Gasteiger partial charge on any atom is -0.156 e. The van der Waals surface area contributed by atoms with Crippen molar-refractivity contribution in [3.8, 4) is 0 Å². The predicted molar refractivity (Wildman–Crippen MR) is 100 cm³/mol. The molecule has 0 bridgehead atoms. The predicted octanol–water partition coefficient (Wildman–Crippen LogP) is 5.07. The Morgan fingerprint density at radius 3 is 1.65 bits per heavy atom. The second-order valence-corrected chi connectivity index (χ2v) is 14.9. The summed E-state index contributed by atoms with van der Waals surface area (Å²) in [4.78, 5) is 0. The van der Waals surface area contributed by atoms with Gasteiger partial charge in [-0.05, 0) is 0 Å². The summed E-state index contributed by atoms with van der Waals surface area (Å²) >= 11 is 8.55. The molecule has 0 aromatic rings. The van der Waals surface area contributed by atoms with E-state index in [1.807, 2.05) is 0 Å². The van der Waals surface area contributed by atoms with Gasteiger partial charge in [0.25, 0.3) is 0 Å². The Bertz CT molecular complexity index is 217. The third-order valence-electron chi connectivity index (χ3n) is 2.33. The van der Waals surface area contributed by atoms with Crippen molar-refractivity contribution in [3.63, 3.8) is 0 Å². The summed E-state index contributed by atoms with van der Waals surface area (Å²) in [6, 6.07) is 0. The van der Waals surface area contributed by atoms with E-state index in [-0.39, 0.29) is 0 Å². The lowest BCUT2D eigenvalue weighted by Gasteiger charge is -2.15. The number of hydrogen-bond acceptors (Lipinski definition) is 8. The van der Waals surface area contributed by atoms with Gasteiger partial charge < -0.3 is 0 Å². The molecule has 0 amide bonds. The highest BCUT2D eigenvalue weighted by molar-refractivity contribution is 8.81. The Morgan fingerprint density at radius 2 is 1.24 bits per heavy atom. The van der Waals surface area contributed by atoms with Gasteiger partial charge in [0.2, 0.25) is 0 Å². The standard InChI is InChI=1S/C9H14S8/c1-6(10-1)3-14-16-8-9(13-5-12-8)17-15-4-7-2-11-7/h6-9H,1-5H2. The van der Waals surface area contributed by atoms with E-state index >= 15 is 0 Å². The molecule has 0 radical (unpaired) electrons. The van der Waals surface area contributed by atoms with Gasteiger partial charge in [-0.25, -0.2) is 0 Å². The van der Waals surface area contributed by atoms with Crippen molar-refractivity contribution in [2.24, 2.45) is 0 Å². The van der Waals surface area contributed by atoms with Crippen molar-refractivity contribution in [2.45, 2.75) is 19.7 Å². The first-order valence-electron chi connectivity index (χ1n) is 5.45. The van der Waals surface area contributed by atoms with E-state index in [4.69, 9.17) is 0 Å². The molecular formula is C9H14S8. The fourth-order valence-electron chi connectivity index (χ4n) is 1.17. The fraction of sp³-hybridized carbons (Fsp3) is 1.00. The van der Waals surface area contributed by atoms with Crippen LogP contribution in [-0.2, 0) is 0 Å². The Hall–Kier alpha value is 2.80. The van der Waals surface area contributed by atoms with Gasteiger partial charge >= 0.3 is 0 Å². The zero-order valence-corrected chi connectivity index (χ0v) is 15.6. The molecule has 3 rings (SSSR count). The minimum absolute atomic E-state index is 0.818. The molecule has 0 N–H and O–H groups in total. The topological polar surface area (TPSA) is 0 Å². The summed E-state index contributed by atoms with van der Waals surface area (Å²) in [7, 11) is 8.51. The highest BCUT2D eigenvalue weighted by Crippen LogP contribution is 2.54. The minimum atomic E-state index is 0.818. The lowest BCUT2D eigenvalue weighted by Crippen LogP contribution is -2.05. The smallest absolute Gasteiger partial charge is 0.0832 e. The van der Waals surface area contributed by atoms with Gasteiger partial charge in [0.15, 0.2) is 0 Å². The van der Waals surface area contributed by atoms with Crippen LogP contribution in [0, 0.1) is 0 Å². The maximum absolute atomic E-state index is 2.16. The monoisotopic (exact) mass is 378 g/mol. The molecule has 0 aliphatic carbocycles. The summed E-state index contributed by atoms with van der Waals surface area (Å²) < 4.78 is 1.64. The Balaban J connectivity index is 1.30. The summed E-state index contributed by atoms with van der Waals surface area (Å²) in [5, 5.41) is 3.27. The molecule has 8 heteroatoms. The van der Waals surface area contributed by atoms with E-state index in [2.05, 4.69) is 90.2 Å². The van der Waals surface area contributed by atoms with Crippen LogP contribution in [0.25, 0.3) is 0 Å². The van der Waals surface area contributed by atoms with E-state index in [1.165, 1.54) is 28.1 Å². The van der Waals surface area contributed by atoms with Crippen LogP contribution in [-0.4, -0.2) is 47.8 Å². The molecule has 3 saturated heterocycles. The van der Waals surface area contributed by atoms with Crippen molar-refractivity contribution in [2.75, 3.05) is 28.1 Å². The van der Waals surface area contributed by atoms with E-state index < -0.39 is 0 Å². The maximum Gasteiger partial charge on any atom is 0.0832 e. The van der Waals surface area contributed by atoms with Crippen molar-refractivity contribution in [1.29, 1.82) is 0 Å². The van der Waals surface area contributed by atoms with Gasteiger partial charge in [0, 0.05) is 38.6 Å². The molecule has 3 fully saturated rings. The molecule has 0 aromatic heterocycles. The van der Waals surface area contributed by atoms with Crippen molar-refractivity contribution in [3.05, 3.63) is 0 Å². The van der Waals surface area contributed by atoms with Gasteiger partial charge in [0.1, 0.15) is 0 Å². The first-order valence-corrected chi connectivity index (χ1v) is 14.4. The Morgan fingerprint density at radius 1 is 0.765 bits per heavy atom. The van der Waals surface area contributed by atoms with Crippen molar-refractivity contribution >= 4 is 90.2 Å². The van der Waals surface area contributed by atoms with E-state index in [1.54, 1.807) is 0 Å². The largest absolute Gasteiger partial charge is 0.156 e. The highest BCUT2D eigenvalue weighted by atomic mass is 33.1. The lowest BCUT2D eigenvalue weighted by atomic mass is 10.6. The number of rotatable bonds is 8. The van der Waals surface area contributed by atoms with Crippen LogP contribution < -0.4 is 0 Å². The molecule has 0 aromatic carbocycles. The molecule has 0 spiro atoms. The summed E-state index contributed by atoms with van der Waals surface area (Å²) in [6.07, 6.45) is 0. The molecule has 3 aliphatic rings.